The lowest BCUT2D eigenvalue weighted by Gasteiger charge is -2.08. The number of hydrogen-bond acceptors (Lipinski definition) is 6. The smallest absolute Gasteiger partial charge is 0.337 e. The van der Waals surface area contributed by atoms with Crippen LogP contribution in [0.5, 0.6) is 0 Å². The molecule has 0 aliphatic rings. The Labute approximate surface area is 187 Å². The summed E-state index contributed by atoms with van der Waals surface area (Å²) in [5.41, 5.74) is 6.02. The van der Waals surface area contributed by atoms with Crippen molar-refractivity contribution in [3.63, 3.8) is 0 Å². The van der Waals surface area contributed by atoms with E-state index in [0.717, 1.165) is 34.2 Å². The predicted octanol–water partition coefficient (Wildman–Crippen LogP) is 4.88. The first-order valence-electron chi connectivity index (χ1n) is 9.98. The van der Waals surface area contributed by atoms with Gasteiger partial charge in [0.25, 0.3) is 0 Å². The van der Waals surface area contributed by atoms with Gasteiger partial charge in [0.1, 0.15) is 0 Å². The second kappa shape index (κ2) is 9.87. The van der Waals surface area contributed by atoms with Gasteiger partial charge in [-0.15, -0.1) is 0 Å². The molecule has 0 radical (unpaired) electrons. The van der Waals surface area contributed by atoms with Crippen molar-refractivity contribution in [1.29, 1.82) is 0 Å². The molecule has 0 spiro atoms. The summed E-state index contributed by atoms with van der Waals surface area (Å²) >= 11 is 0. The molecule has 7 heteroatoms. The van der Waals surface area contributed by atoms with Crippen LogP contribution >= 0.6 is 0 Å². The Morgan fingerprint density at radius 3 is 1.31 bits per heavy atom. The topological polar surface area (TPSA) is 82.2 Å². The third-order valence-electron chi connectivity index (χ3n) is 5.03. The second-order valence-corrected chi connectivity index (χ2v) is 7.13. The molecule has 0 saturated heterocycles. The van der Waals surface area contributed by atoms with Gasteiger partial charge in [-0.05, 0) is 74.5 Å². The maximum Gasteiger partial charge on any atom is 0.337 e. The van der Waals surface area contributed by atoms with Gasteiger partial charge in [-0.3, -0.25) is 9.98 Å². The van der Waals surface area contributed by atoms with Crippen molar-refractivity contribution < 1.29 is 19.1 Å². The lowest BCUT2D eigenvalue weighted by molar-refractivity contribution is 0.0592. The molecule has 0 aliphatic heterocycles. The summed E-state index contributed by atoms with van der Waals surface area (Å²) in [5.74, 6) is -0.752. The number of esters is 2. The minimum Gasteiger partial charge on any atom is -0.465 e. The highest BCUT2D eigenvalue weighted by Gasteiger charge is 2.11. The predicted molar refractivity (Wildman–Crippen MR) is 125 cm³/mol. The molecular formula is C25H25N3O4. The molecule has 0 aliphatic carbocycles. The van der Waals surface area contributed by atoms with Crippen LogP contribution in [0.2, 0.25) is 0 Å². The first kappa shape index (κ1) is 22.7. The maximum absolute atomic E-state index is 11.6. The average molecular weight is 431 g/mol. The van der Waals surface area contributed by atoms with Crippen molar-refractivity contribution >= 4 is 34.7 Å². The standard InChI is InChI=1S/C25H25N3O4/c1-16(26-20-10-6-18(7-11-20)24(29)31-4)22-14-15-23(28(22)3)17(2)27-21-12-8-19(9-13-21)25(30)32-5/h6-15H,1-5H3. The van der Waals surface area contributed by atoms with E-state index in [1.165, 1.54) is 14.2 Å². The molecule has 1 heterocycles. The number of hydrogen-bond donors (Lipinski definition) is 0. The van der Waals surface area contributed by atoms with Crippen molar-refractivity contribution in [3.8, 4) is 0 Å². The largest absolute Gasteiger partial charge is 0.465 e. The van der Waals surface area contributed by atoms with Gasteiger partial charge in [-0.2, -0.15) is 0 Å². The lowest BCUT2D eigenvalue weighted by atomic mass is 10.2. The van der Waals surface area contributed by atoms with Crippen molar-refractivity contribution in [1.82, 2.24) is 4.57 Å². The van der Waals surface area contributed by atoms with Gasteiger partial charge in [-0.1, -0.05) is 0 Å². The molecule has 0 saturated carbocycles. The zero-order chi connectivity index (χ0) is 23.3. The number of ether oxygens (including phenoxy) is 2. The molecule has 3 aromatic rings. The van der Waals surface area contributed by atoms with Gasteiger partial charge in [0.05, 0.1) is 59.5 Å². The zero-order valence-electron chi connectivity index (χ0n) is 18.7. The number of methoxy groups -OCH3 is 2. The third kappa shape index (κ3) is 5.00. The number of rotatable bonds is 6. The summed E-state index contributed by atoms with van der Waals surface area (Å²) in [7, 11) is 4.67. The molecular weight excluding hydrogens is 406 g/mol. The highest BCUT2D eigenvalue weighted by Crippen LogP contribution is 2.19. The fourth-order valence-electron chi connectivity index (χ4n) is 3.32. The van der Waals surface area contributed by atoms with Crippen LogP contribution in [0.15, 0.2) is 70.6 Å². The van der Waals surface area contributed by atoms with Gasteiger partial charge in [0, 0.05) is 7.05 Å². The van der Waals surface area contributed by atoms with Crippen molar-refractivity contribution in [2.45, 2.75) is 13.8 Å². The van der Waals surface area contributed by atoms with E-state index >= 15 is 0 Å². The van der Waals surface area contributed by atoms with Crippen molar-refractivity contribution in [3.05, 3.63) is 83.2 Å². The SMILES string of the molecule is COC(=O)c1ccc(N=C(C)c2ccc(C(C)=Nc3ccc(C(=O)OC)cc3)n2C)cc1. The van der Waals surface area contributed by atoms with Crippen LogP contribution in [0.4, 0.5) is 11.4 Å². The van der Waals surface area contributed by atoms with Crippen molar-refractivity contribution in [2.75, 3.05) is 14.2 Å². The molecule has 164 valence electrons. The van der Waals surface area contributed by atoms with Crippen LogP contribution in [-0.2, 0) is 16.5 Å². The number of benzene rings is 2. The fourth-order valence-corrected chi connectivity index (χ4v) is 3.32. The lowest BCUT2D eigenvalue weighted by Crippen LogP contribution is -2.09. The van der Waals surface area contributed by atoms with E-state index in [2.05, 4.69) is 9.98 Å². The Morgan fingerprint density at radius 1 is 0.656 bits per heavy atom. The summed E-state index contributed by atoms with van der Waals surface area (Å²) in [6.45, 7) is 3.87. The van der Waals surface area contributed by atoms with E-state index in [9.17, 15) is 9.59 Å². The first-order valence-corrected chi connectivity index (χ1v) is 9.98. The van der Waals surface area contributed by atoms with Gasteiger partial charge >= 0.3 is 11.9 Å². The Bertz CT molecular complexity index is 1090. The third-order valence-corrected chi connectivity index (χ3v) is 5.03. The summed E-state index contributed by atoms with van der Waals surface area (Å²) < 4.78 is 11.5. The van der Waals surface area contributed by atoms with E-state index in [1.807, 2.05) is 37.6 Å². The van der Waals surface area contributed by atoms with Crippen LogP contribution in [0.3, 0.4) is 0 Å². The number of carbonyl (C=O) groups is 2. The van der Waals surface area contributed by atoms with E-state index in [1.54, 1.807) is 48.5 Å². The Hall–Kier alpha value is -4.00. The molecule has 0 fully saturated rings. The molecule has 0 unspecified atom stereocenters. The second-order valence-electron chi connectivity index (χ2n) is 7.13. The molecule has 0 bridgehead atoms. The Morgan fingerprint density at radius 2 is 1.00 bits per heavy atom. The molecule has 3 rings (SSSR count). The molecule has 0 atom stereocenters. The summed E-state index contributed by atoms with van der Waals surface area (Å²) in [6.07, 6.45) is 0. The molecule has 0 N–H and O–H groups in total. The van der Waals surface area contributed by atoms with Crippen LogP contribution < -0.4 is 0 Å². The Balaban J connectivity index is 1.82. The van der Waals surface area contributed by atoms with Gasteiger partial charge in [0.2, 0.25) is 0 Å². The molecule has 32 heavy (non-hydrogen) atoms. The number of nitrogens with zero attached hydrogens (tertiary/aromatic N) is 3. The molecule has 2 aromatic carbocycles. The van der Waals surface area contributed by atoms with E-state index < -0.39 is 0 Å². The highest BCUT2D eigenvalue weighted by molar-refractivity contribution is 6.04. The fraction of sp³-hybridized carbons (Fsp3) is 0.200. The van der Waals surface area contributed by atoms with E-state index in [4.69, 9.17) is 9.47 Å². The monoisotopic (exact) mass is 431 g/mol. The summed E-state index contributed by atoms with van der Waals surface area (Å²) in [6, 6.07) is 17.9. The number of carbonyl (C=O) groups excluding carboxylic acids is 2. The van der Waals surface area contributed by atoms with Gasteiger partial charge in [-0.25, -0.2) is 9.59 Å². The maximum atomic E-state index is 11.6. The van der Waals surface area contributed by atoms with Crippen LogP contribution in [0.1, 0.15) is 46.0 Å². The first-order chi connectivity index (χ1) is 15.3. The highest BCUT2D eigenvalue weighted by atomic mass is 16.5. The normalized spacial score (nSPS) is 11.9. The molecule has 0 amide bonds. The molecule has 7 nitrogen and oxygen atoms in total. The summed E-state index contributed by atoms with van der Waals surface area (Å²) in [5, 5.41) is 0. The van der Waals surface area contributed by atoms with E-state index in [0.29, 0.717) is 11.1 Å². The quantitative estimate of drug-likeness (QED) is 0.411. The van der Waals surface area contributed by atoms with Crippen molar-refractivity contribution in [2.24, 2.45) is 17.0 Å². The minimum absolute atomic E-state index is 0.376. The Kier molecular flexibility index (Phi) is 7.00. The van der Waals surface area contributed by atoms with Crippen LogP contribution in [0.25, 0.3) is 0 Å². The van der Waals surface area contributed by atoms with Crippen LogP contribution in [0, 0.1) is 0 Å². The van der Waals surface area contributed by atoms with Gasteiger partial charge in [0.15, 0.2) is 0 Å². The number of aliphatic imine (C=N–C) groups is 2. The molecule has 1 aromatic heterocycles. The van der Waals surface area contributed by atoms with E-state index in [-0.39, 0.29) is 11.9 Å². The summed E-state index contributed by atoms with van der Waals surface area (Å²) in [4.78, 5) is 32.5. The zero-order valence-corrected chi connectivity index (χ0v) is 18.7. The van der Waals surface area contributed by atoms with Crippen LogP contribution in [-0.4, -0.2) is 42.1 Å². The minimum atomic E-state index is -0.376. The van der Waals surface area contributed by atoms with Gasteiger partial charge < -0.3 is 14.0 Å². The average Bonchev–Trinajstić information content (AvgIpc) is 3.20. The number of aromatic nitrogens is 1.